The van der Waals surface area contributed by atoms with Crippen LogP contribution in [0.2, 0.25) is 0 Å². The molecule has 0 saturated carbocycles. The molecule has 2 atom stereocenters. The summed E-state index contributed by atoms with van der Waals surface area (Å²) in [4.78, 5) is 14.6. The van der Waals surface area contributed by atoms with Crippen LogP contribution in [0.25, 0.3) is 11.0 Å². The van der Waals surface area contributed by atoms with Crippen LogP contribution in [0.4, 0.5) is 0 Å². The Kier molecular flexibility index (Phi) is 8.64. The van der Waals surface area contributed by atoms with Crippen molar-refractivity contribution in [2.45, 2.75) is 73.1 Å². The van der Waals surface area contributed by atoms with Gasteiger partial charge in [0, 0.05) is 37.7 Å². The van der Waals surface area contributed by atoms with E-state index in [0.29, 0.717) is 0 Å². The molecule has 40 heavy (non-hydrogen) atoms. The van der Waals surface area contributed by atoms with Crippen molar-refractivity contribution in [3.05, 3.63) is 88.5 Å². The summed E-state index contributed by atoms with van der Waals surface area (Å²) in [7, 11) is 0. The minimum Gasteiger partial charge on any atom is -0.486 e. The number of carbonyl (C=O) groups is 1. The summed E-state index contributed by atoms with van der Waals surface area (Å²) in [6.07, 6.45) is 4.04. The number of aromatic nitrogens is 3. The number of rotatable bonds is 9. The minimum atomic E-state index is -0.856. The van der Waals surface area contributed by atoms with Crippen molar-refractivity contribution < 1.29 is 14.6 Å². The van der Waals surface area contributed by atoms with Crippen molar-refractivity contribution in [3.63, 3.8) is 0 Å². The summed E-state index contributed by atoms with van der Waals surface area (Å²) in [6, 6.07) is 12.2. The van der Waals surface area contributed by atoms with E-state index in [0.717, 1.165) is 65.2 Å². The van der Waals surface area contributed by atoms with E-state index in [4.69, 9.17) is 4.74 Å². The van der Waals surface area contributed by atoms with Gasteiger partial charge >= 0.3 is 5.97 Å². The molecule has 0 radical (unpaired) electrons. The number of allylic oxidation sites excluding steroid dienone is 4. The minimum absolute atomic E-state index is 0.299. The van der Waals surface area contributed by atoms with Gasteiger partial charge in [-0.1, -0.05) is 66.3 Å². The zero-order valence-electron chi connectivity index (χ0n) is 24.9. The second-order valence-corrected chi connectivity index (χ2v) is 11.6. The van der Waals surface area contributed by atoms with Gasteiger partial charge in [-0.15, -0.1) is 5.10 Å². The van der Waals surface area contributed by atoms with E-state index in [1.165, 1.54) is 11.1 Å². The van der Waals surface area contributed by atoms with Crippen LogP contribution < -0.4 is 4.74 Å². The lowest BCUT2D eigenvalue weighted by atomic mass is 9.79. The highest BCUT2D eigenvalue weighted by Gasteiger charge is 2.30. The van der Waals surface area contributed by atoms with Gasteiger partial charge in [0.05, 0.1) is 11.4 Å². The molecule has 0 spiro atoms. The molecular formula is C33H42N4O3. The fourth-order valence-electron chi connectivity index (χ4n) is 5.64. The predicted molar refractivity (Wildman–Crippen MR) is 161 cm³/mol. The van der Waals surface area contributed by atoms with Crippen LogP contribution in [0.1, 0.15) is 64.2 Å². The Morgan fingerprint density at radius 2 is 1.93 bits per heavy atom. The molecule has 212 valence electrons. The maximum atomic E-state index is 12.2. The topological polar surface area (TPSA) is 80.5 Å². The number of hydrogen-bond donors (Lipinski definition) is 1. The molecule has 7 nitrogen and oxygen atoms in total. The van der Waals surface area contributed by atoms with Crippen molar-refractivity contribution in [1.29, 1.82) is 0 Å². The molecule has 0 bridgehead atoms. The highest BCUT2D eigenvalue weighted by molar-refractivity contribution is 5.81. The Morgan fingerprint density at radius 1 is 1.20 bits per heavy atom. The van der Waals surface area contributed by atoms with Crippen molar-refractivity contribution in [1.82, 2.24) is 19.9 Å². The molecule has 7 heteroatoms. The summed E-state index contributed by atoms with van der Waals surface area (Å²) in [5, 5.41) is 18.6. The van der Waals surface area contributed by atoms with Gasteiger partial charge in [-0.25, -0.2) is 4.68 Å². The second kappa shape index (κ2) is 11.8. The summed E-state index contributed by atoms with van der Waals surface area (Å²) in [6.45, 7) is 21.8. The number of nitrogens with zero attached hydrogens (tertiary/aromatic N) is 4. The molecule has 4 rings (SSSR count). The normalized spacial score (nSPS) is 17.6. The molecule has 1 aliphatic rings. The van der Waals surface area contributed by atoms with Gasteiger partial charge in [-0.3, -0.25) is 9.69 Å². The summed E-state index contributed by atoms with van der Waals surface area (Å²) >= 11 is 0. The Labute approximate surface area is 237 Å². The number of aliphatic carboxylic acids is 1. The number of hydrogen-bond acceptors (Lipinski definition) is 5. The highest BCUT2D eigenvalue weighted by atomic mass is 16.5. The maximum Gasteiger partial charge on any atom is 0.307 e. The first-order chi connectivity index (χ1) is 18.9. The molecule has 0 saturated heterocycles. The van der Waals surface area contributed by atoms with Gasteiger partial charge in [-0.05, 0) is 70.4 Å². The van der Waals surface area contributed by atoms with Gasteiger partial charge in [0.25, 0.3) is 0 Å². The molecular weight excluding hydrogens is 500 g/mol. The number of carboxylic acid groups (broad SMARTS) is 1. The zero-order chi connectivity index (χ0) is 29.2. The van der Waals surface area contributed by atoms with Crippen LogP contribution >= 0.6 is 0 Å². The molecule has 0 fully saturated rings. The smallest absolute Gasteiger partial charge is 0.307 e. The summed E-state index contributed by atoms with van der Waals surface area (Å²) in [5.41, 5.74) is 7.65. The lowest BCUT2D eigenvalue weighted by Crippen LogP contribution is -2.41. The van der Waals surface area contributed by atoms with E-state index in [1.54, 1.807) is 6.92 Å². The molecule has 0 amide bonds. The van der Waals surface area contributed by atoms with Gasteiger partial charge in [-0.2, -0.15) is 0 Å². The third kappa shape index (κ3) is 6.20. The highest BCUT2D eigenvalue weighted by Crippen LogP contribution is 2.37. The van der Waals surface area contributed by atoms with E-state index in [9.17, 15) is 9.90 Å². The average Bonchev–Trinajstić information content (AvgIpc) is 3.27. The quantitative estimate of drug-likeness (QED) is 0.304. The van der Waals surface area contributed by atoms with E-state index >= 15 is 0 Å². The number of benzene rings is 2. The third-order valence-electron chi connectivity index (χ3n) is 7.94. The monoisotopic (exact) mass is 542 g/mol. The third-order valence-corrected chi connectivity index (χ3v) is 7.94. The van der Waals surface area contributed by atoms with Gasteiger partial charge in [0.15, 0.2) is 0 Å². The largest absolute Gasteiger partial charge is 0.486 e. The Balaban J connectivity index is 1.58. The zero-order valence-corrected chi connectivity index (χ0v) is 24.9. The molecule has 2 heterocycles. The second-order valence-electron chi connectivity index (χ2n) is 11.6. The predicted octanol–water partition coefficient (Wildman–Crippen LogP) is 6.69. The first-order valence-corrected chi connectivity index (χ1v) is 14.0. The number of ether oxygens (including phenoxy) is 1. The van der Waals surface area contributed by atoms with E-state index in [-0.39, 0.29) is 5.60 Å². The lowest BCUT2D eigenvalue weighted by Gasteiger charge is -2.30. The van der Waals surface area contributed by atoms with Crippen LogP contribution in [0.5, 0.6) is 5.75 Å². The lowest BCUT2D eigenvalue weighted by molar-refractivity contribution is -0.141. The van der Waals surface area contributed by atoms with Crippen LogP contribution in [0, 0.1) is 12.8 Å². The Morgan fingerprint density at radius 3 is 2.62 bits per heavy atom. The fourth-order valence-corrected chi connectivity index (χ4v) is 5.64. The van der Waals surface area contributed by atoms with E-state index in [2.05, 4.69) is 67.7 Å². The number of aryl methyl sites for hydroxylation is 2. The van der Waals surface area contributed by atoms with Crippen LogP contribution in [-0.4, -0.2) is 49.7 Å². The molecule has 0 aliphatic carbocycles. The molecule has 0 unspecified atom stereocenters. The number of carboxylic acids is 1. The Bertz CT molecular complexity index is 1480. The number of para-hydroxylation sites is 1. The molecule has 1 aromatic heterocycles. The first-order valence-electron chi connectivity index (χ1n) is 14.0. The van der Waals surface area contributed by atoms with Crippen LogP contribution in [0.3, 0.4) is 0 Å². The first kappa shape index (κ1) is 29.3. The van der Waals surface area contributed by atoms with Crippen molar-refractivity contribution in [2.75, 3.05) is 13.1 Å². The van der Waals surface area contributed by atoms with E-state index in [1.807, 2.05) is 48.9 Å². The SMILES string of the molecule is C=C(/C=C\C(C)=C(/C)CN1Cc2ccccc2OC(C)(C)C1)[C@@H](c1ccc2c(nnn2CC)c1C)[C@@H](C)C(=O)O. The molecule has 3 aromatic rings. The van der Waals surface area contributed by atoms with Gasteiger partial charge in [0.1, 0.15) is 16.9 Å². The van der Waals surface area contributed by atoms with Crippen LogP contribution in [-0.2, 0) is 17.9 Å². The maximum absolute atomic E-state index is 12.2. The van der Waals surface area contributed by atoms with Gasteiger partial charge < -0.3 is 9.84 Å². The van der Waals surface area contributed by atoms with Crippen molar-refractivity contribution in [2.24, 2.45) is 5.92 Å². The summed E-state index contributed by atoms with van der Waals surface area (Å²) < 4.78 is 8.16. The molecule has 1 aliphatic heterocycles. The number of fused-ring (bicyclic) bond motifs is 2. The van der Waals surface area contributed by atoms with Gasteiger partial charge in [0.2, 0.25) is 0 Å². The molecule has 2 aromatic carbocycles. The molecule has 1 N–H and O–H groups in total. The van der Waals surface area contributed by atoms with Crippen molar-refractivity contribution >= 4 is 17.0 Å². The van der Waals surface area contributed by atoms with Crippen molar-refractivity contribution in [3.8, 4) is 5.75 Å². The Hall–Kier alpha value is -3.71. The van der Waals surface area contributed by atoms with Crippen LogP contribution in [0.15, 0.2) is 71.8 Å². The average molecular weight is 543 g/mol. The summed E-state index contributed by atoms with van der Waals surface area (Å²) in [5.74, 6) is -0.947. The fraction of sp³-hybridized carbons (Fsp3) is 0.424. The van der Waals surface area contributed by atoms with E-state index < -0.39 is 17.8 Å². The standard InChI is InChI=1S/C33H42N4O3/c1-9-37-28-17-16-27(24(5)31(28)34-35-37)30(25(6)32(38)39)22(3)15-14-21(2)23(4)18-36-19-26-12-10-11-13-29(26)40-33(7,8)20-36/h10-17,25,30H,3,9,18-20H2,1-2,4-8H3,(H,38,39)/b15-14-,23-21+/t25-,30-/m1/s1.